The molecule has 0 aliphatic rings. The summed E-state index contributed by atoms with van der Waals surface area (Å²) in [6.45, 7) is 1.48. The molecule has 2 rings (SSSR count). The average Bonchev–Trinajstić information content (AvgIpc) is 2.96. The number of methoxy groups -OCH3 is 1. The summed E-state index contributed by atoms with van der Waals surface area (Å²) in [4.78, 5) is 1.27. The van der Waals surface area contributed by atoms with Crippen molar-refractivity contribution in [2.45, 2.75) is 13.1 Å². The van der Waals surface area contributed by atoms with Crippen molar-refractivity contribution < 1.29 is 4.74 Å². The first-order valence-corrected chi connectivity index (χ1v) is 7.24. The van der Waals surface area contributed by atoms with Crippen molar-refractivity contribution in [3.63, 3.8) is 0 Å². The Balaban J connectivity index is 1.73. The number of thiophene rings is 1. The van der Waals surface area contributed by atoms with Crippen LogP contribution in [0.15, 0.2) is 41.8 Å². The molecule has 0 aliphatic heterocycles. The molecule has 19 heavy (non-hydrogen) atoms. The Hall–Kier alpha value is -1.59. The molecule has 0 saturated heterocycles. The van der Waals surface area contributed by atoms with E-state index in [2.05, 4.69) is 22.1 Å². The molecule has 0 aliphatic carbocycles. The normalized spacial score (nSPS) is 9.95. The van der Waals surface area contributed by atoms with E-state index in [4.69, 9.17) is 17.0 Å². The highest BCUT2D eigenvalue weighted by Crippen LogP contribution is 2.11. The maximum absolute atomic E-state index is 5.23. The van der Waals surface area contributed by atoms with Crippen molar-refractivity contribution in [3.05, 3.63) is 52.2 Å². The van der Waals surface area contributed by atoms with E-state index >= 15 is 0 Å². The molecule has 0 amide bonds. The summed E-state index contributed by atoms with van der Waals surface area (Å²) in [5, 5.41) is 9.10. The van der Waals surface area contributed by atoms with Crippen molar-refractivity contribution in [1.82, 2.24) is 10.6 Å². The van der Waals surface area contributed by atoms with Gasteiger partial charge in [-0.15, -0.1) is 11.3 Å². The second kappa shape index (κ2) is 7.11. The molecule has 0 unspecified atom stereocenters. The summed E-state index contributed by atoms with van der Waals surface area (Å²) in [6.07, 6.45) is 0. The molecule has 0 saturated carbocycles. The Labute approximate surface area is 122 Å². The molecule has 0 fully saturated rings. The van der Waals surface area contributed by atoms with Crippen LogP contribution >= 0.6 is 23.6 Å². The molecule has 0 bridgehead atoms. The molecule has 0 spiro atoms. The van der Waals surface area contributed by atoms with Crippen molar-refractivity contribution >= 4 is 28.7 Å². The fourth-order valence-corrected chi connectivity index (χ4v) is 2.36. The fraction of sp³-hybridized carbons (Fsp3) is 0.214. The molecule has 1 aromatic carbocycles. The van der Waals surface area contributed by atoms with Gasteiger partial charge in [-0.1, -0.05) is 18.2 Å². The number of hydrogen-bond donors (Lipinski definition) is 2. The minimum atomic E-state index is 0.671. The summed E-state index contributed by atoms with van der Waals surface area (Å²) in [7, 11) is 1.66. The van der Waals surface area contributed by atoms with E-state index in [-0.39, 0.29) is 0 Å². The van der Waals surface area contributed by atoms with E-state index in [1.54, 1.807) is 18.4 Å². The fourth-order valence-electron chi connectivity index (χ4n) is 1.57. The highest BCUT2D eigenvalue weighted by atomic mass is 32.1. The molecule has 1 heterocycles. The van der Waals surface area contributed by atoms with Crippen molar-refractivity contribution in [1.29, 1.82) is 0 Å². The largest absolute Gasteiger partial charge is 0.497 e. The maximum Gasteiger partial charge on any atom is 0.166 e. The summed E-state index contributed by atoms with van der Waals surface area (Å²) in [5.74, 6) is 0.863. The van der Waals surface area contributed by atoms with E-state index in [9.17, 15) is 0 Å². The van der Waals surface area contributed by atoms with Gasteiger partial charge in [0.25, 0.3) is 0 Å². The number of ether oxygens (including phenoxy) is 1. The number of nitrogens with one attached hydrogen (secondary N) is 2. The van der Waals surface area contributed by atoms with Gasteiger partial charge in [0.15, 0.2) is 5.11 Å². The maximum atomic E-state index is 5.23. The van der Waals surface area contributed by atoms with Gasteiger partial charge in [-0.05, 0) is 41.4 Å². The zero-order valence-corrected chi connectivity index (χ0v) is 12.3. The number of hydrogen-bond acceptors (Lipinski definition) is 3. The van der Waals surface area contributed by atoms with Gasteiger partial charge in [0, 0.05) is 11.4 Å². The first kappa shape index (κ1) is 13.8. The lowest BCUT2D eigenvalue weighted by molar-refractivity contribution is 0.414. The first-order chi connectivity index (χ1) is 9.28. The molecule has 2 N–H and O–H groups in total. The van der Waals surface area contributed by atoms with Crippen LogP contribution in [0, 0.1) is 0 Å². The Morgan fingerprint density at radius 1 is 1.16 bits per heavy atom. The van der Waals surface area contributed by atoms with Crippen LogP contribution in [0.5, 0.6) is 5.75 Å². The second-order valence-corrected chi connectivity index (χ2v) is 5.40. The lowest BCUT2D eigenvalue weighted by Crippen LogP contribution is -2.34. The topological polar surface area (TPSA) is 33.3 Å². The van der Waals surface area contributed by atoms with Crippen molar-refractivity contribution in [2.75, 3.05) is 7.11 Å². The summed E-state index contributed by atoms with van der Waals surface area (Å²) in [5.41, 5.74) is 1.17. The summed E-state index contributed by atoms with van der Waals surface area (Å²) < 4.78 is 5.12. The highest BCUT2D eigenvalue weighted by molar-refractivity contribution is 7.80. The van der Waals surface area contributed by atoms with Crippen LogP contribution in [0.4, 0.5) is 0 Å². The van der Waals surface area contributed by atoms with Gasteiger partial charge >= 0.3 is 0 Å². The zero-order chi connectivity index (χ0) is 13.5. The Kier molecular flexibility index (Phi) is 5.18. The monoisotopic (exact) mass is 292 g/mol. The van der Waals surface area contributed by atoms with E-state index in [1.165, 1.54) is 10.4 Å². The van der Waals surface area contributed by atoms with Gasteiger partial charge in [0.05, 0.1) is 13.7 Å². The van der Waals surface area contributed by atoms with Crippen LogP contribution in [0.25, 0.3) is 0 Å². The lowest BCUT2D eigenvalue weighted by Gasteiger charge is -2.10. The second-order valence-electron chi connectivity index (χ2n) is 3.96. The van der Waals surface area contributed by atoms with Crippen LogP contribution in [0.3, 0.4) is 0 Å². The lowest BCUT2D eigenvalue weighted by atomic mass is 10.2. The van der Waals surface area contributed by atoms with Gasteiger partial charge in [0.2, 0.25) is 0 Å². The summed E-state index contributed by atoms with van der Waals surface area (Å²) >= 11 is 6.95. The van der Waals surface area contributed by atoms with Crippen LogP contribution in [0.1, 0.15) is 10.4 Å². The van der Waals surface area contributed by atoms with E-state index in [0.29, 0.717) is 11.7 Å². The third-order valence-corrected chi connectivity index (χ3v) is 3.78. The Bertz CT molecular complexity index is 509. The van der Waals surface area contributed by atoms with E-state index in [0.717, 1.165) is 12.3 Å². The third kappa shape index (κ3) is 4.54. The Morgan fingerprint density at radius 3 is 2.53 bits per heavy atom. The van der Waals surface area contributed by atoms with E-state index in [1.807, 2.05) is 30.3 Å². The van der Waals surface area contributed by atoms with Gasteiger partial charge in [0.1, 0.15) is 5.75 Å². The van der Waals surface area contributed by atoms with Crippen LogP contribution in [-0.4, -0.2) is 12.2 Å². The molecule has 5 heteroatoms. The first-order valence-electron chi connectivity index (χ1n) is 5.95. The van der Waals surface area contributed by atoms with Crippen LogP contribution < -0.4 is 15.4 Å². The van der Waals surface area contributed by atoms with Gasteiger partial charge in [-0.3, -0.25) is 0 Å². The van der Waals surface area contributed by atoms with E-state index < -0.39 is 0 Å². The number of benzene rings is 1. The van der Waals surface area contributed by atoms with Gasteiger partial charge in [-0.25, -0.2) is 0 Å². The van der Waals surface area contributed by atoms with Crippen LogP contribution in [0.2, 0.25) is 0 Å². The predicted octanol–water partition coefficient (Wildman–Crippen LogP) is 2.92. The minimum Gasteiger partial charge on any atom is -0.497 e. The number of rotatable bonds is 5. The number of thiocarbonyl (C=S) groups is 1. The zero-order valence-electron chi connectivity index (χ0n) is 10.7. The SMILES string of the molecule is COc1ccc(CNC(=S)NCc2cccs2)cc1. The average molecular weight is 292 g/mol. The highest BCUT2D eigenvalue weighted by Gasteiger charge is 1.98. The molecule has 0 radical (unpaired) electrons. The molecular weight excluding hydrogens is 276 g/mol. The third-order valence-electron chi connectivity index (χ3n) is 2.62. The molecule has 1 aromatic heterocycles. The Morgan fingerprint density at radius 2 is 1.89 bits per heavy atom. The summed E-state index contributed by atoms with van der Waals surface area (Å²) in [6, 6.07) is 12.1. The standard InChI is InChI=1S/C14H16N2OS2/c1-17-12-6-4-11(5-7-12)9-15-14(18)16-10-13-3-2-8-19-13/h2-8H,9-10H2,1H3,(H2,15,16,18). The van der Waals surface area contributed by atoms with Gasteiger partial charge < -0.3 is 15.4 Å². The van der Waals surface area contributed by atoms with Gasteiger partial charge in [-0.2, -0.15) is 0 Å². The molecule has 3 nitrogen and oxygen atoms in total. The van der Waals surface area contributed by atoms with Crippen LogP contribution in [-0.2, 0) is 13.1 Å². The smallest absolute Gasteiger partial charge is 0.166 e. The quantitative estimate of drug-likeness (QED) is 0.830. The predicted molar refractivity (Wildman–Crippen MR) is 83.6 cm³/mol. The van der Waals surface area contributed by atoms with Crippen molar-refractivity contribution in [2.24, 2.45) is 0 Å². The van der Waals surface area contributed by atoms with Crippen molar-refractivity contribution in [3.8, 4) is 5.75 Å². The minimum absolute atomic E-state index is 0.671. The molecule has 0 atom stereocenters. The molecule has 100 valence electrons. The molecule has 2 aromatic rings. The molecular formula is C14H16N2OS2.